The van der Waals surface area contributed by atoms with E-state index in [0.29, 0.717) is 6.04 Å². The van der Waals surface area contributed by atoms with Crippen LogP contribution in [-0.2, 0) is 0 Å². The third-order valence-electron chi connectivity index (χ3n) is 2.92. The second kappa shape index (κ2) is 7.33. The summed E-state index contributed by atoms with van der Waals surface area (Å²) < 4.78 is 0. The van der Waals surface area contributed by atoms with E-state index in [2.05, 4.69) is 62.3 Å². The third-order valence-corrected chi connectivity index (χ3v) is 2.92. The van der Waals surface area contributed by atoms with Gasteiger partial charge in [-0.3, -0.25) is 0 Å². The lowest BCUT2D eigenvalue weighted by atomic mass is 10.2. The van der Waals surface area contributed by atoms with Crippen LogP contribution >= 0.6 is 0 Å². The molecule has 0 aliphatic heterocycles. The van der Waals surface area contributed by atoms with Crippen molar-refractivity contribution in [2.24, 2.45) is 0 Å². The molecule has 0 saturated heterocycles. The summed E-state index contributed by atoms with van der Waals surface area (Å²) in [7, 11) is 2.17. The van der Waals surface area contributed by atoms with Crippen molar-refractivity contribution in [1.29, 1.82) is 0 Å². The Bertz CT molecular complexity index is 320. The molecular weight excluding hydrogens is 208 g/mol. The lowest BCUT2D eigenvalue weighted by Gasteiger charge is -2.19. The maximum Gasteiger partial charge on any atom is 0.0366 e. The Balaban J connectivity index is 2.23. The zero-order valence-electron chi connectivity index (χ0n) is 11.7. The summed E-state index contributed by atoms with van der Waals surface area (Å²) in [6.07, 6.45) is 2.48. The van der Waals surface area contributed by atoms with E-state index in [1.54, 1.807) is 0 Å². The standard InChI is InChI=1S/C15H26N2/c1-13(2)16-10-5-6-11-17(4)15-9-7-8-14(3)12-15/h7-9,12-13,16H,5-6,10-11H2,1-4H3. The molecule has 0 aliphatic carbocycles. The SMILES string of the molecule is Cc1cccc(N(C)CCCCNC(C)C)c1. The second-order valence-electron chi connectivity index (χ2n) is 5.08. The number of unbranched alkanes of at least 4 members (excludes halogenated alkanes) is 1. The van der Waals surface area contributed by atoms with E-state index in [1.807, 2.05) is 0 Å². The summed E-state index contributed by atoms with van der Waals surface area (Å²) in [6, 6.07) is 9.29. The summed E-state index contributed by atoms with van der Waals surface area (Å²) in [5.74, 6) is 0. The summed E-state index contributed by atoms with van der Waals surface area (Å²) >= 11 is 0. The minimum absolute atomic E-state index is 0.601. The quantitative estimate of drug-likeness (QED) is 0.729. The van der Waals surface area contributed by atoms with E-state index in [0.717, 1.165) is 13.1 Å². The molecule has 17 heavy (non-hydrogen) atoms. The van der Waals surface area contributed by atoms with Crippen molar-refractivity contribution in [2.45, 2.75) is 39.7 Å². The van der Waals surface area contributed by atoms with Crippen LogP contribution in [0.15, 0.2) is 24.3 Å². The minimum Gasteiger partial charge on any atom is -0.375 e. The van der Waals surface area contributed by atoms with Gasteiger partial charge in [-0.25, -0.2) is 0 Å². The van der Waals surface area contributed by atoms with Crippen LogP contribution in [0.4, 0.5) is 5.69 Å². The van der Waals surface area contributed by atoms with Crippen LogP contribution < -0.4 is 10.2 Å². The van der Waals surface area contributed by atoms with E-state index in [1.165, 1.54) is 24.1 Å². The number of anilines is 1. The first-order valence-corrected chi connectivity index (χ1v) is 6.61. The van der Waals surface area contributed by atoms with Crippen LogP contribution in [0.3, 0.4) is 0 Å². The van der Waals surface area contributed by atoms with E-state index in [4.69, 9.17) is 0 Å². The normalized spacial score (nSPS) is 10.9. The fourth-order valence-corrected chi connectivity index (χ4v) is 1.86. The van der Waals surface area contributed by atoms with E-state index >= 15 is 0 Å². The second-order valence-corrected chi connectivity index (χ2v) is 5.08. The third kappa shape index (κ3) is 5.73. The summed E-state index contributed by atoms with van der Waals surface area (Å²) in [4.78, 5) is 2.34. The van der Waals surface area contributed by atoms with Gasteiger partial charge in [0.2, 0.25) is 0 Å². The lowest BCUT2D eigenvalue weighted by Crippen LogP contribution is -2.25. The minimum atomic E-state index is 0.601. The highest BCUT2D eigenvalue weighted by molar-refractivity contribution is 5.47. The molecule has 1 N–H and O–H groups in total. The van der Waals surface area contributed by atoms with Crippen molar-refractivity contribution >= 4 is 5.69 Å². The maximum absolute atomic E-state index is 3.45. The Morgan fingerprint density at radius 2 is 2.00 bits per heavy atom. The first kappa shape index (κ1) is 14.0. The van der Waals surface area contributed by atoms with Crippen molar-refractivity contribution in [3.05, 3.63) is 29.8 Å². The van der Waals surface area contributed by atoms with Gasteiger partial charge in [0.1, 0.15) is 0 Å². The highest BCUT2D eigenvalue weighted by atomic mass is 15.1. The van der Waals surface area contributed by atoms with E-state index in [-0.39, 0.29) is 0 Å². The van der Waals surface area contributed by atoms with Gasteiger partial charge in [-0.15, -0.1) is 0 Å². The first-order chi connectivity index (χ1) is 8.09. The fraction of sp³-hybridized carbons (Fsp3) is 0.600. The van der Waals surface area contributed by atoms with Gasteiger partial charge in [-0.1, -0.05) is 26.0 Å². The van der Waals surface area contributed by atoms with Gasteiger partial charge >= 0.3 is 0 Å². The highest BCUT2D eigenvalue weighted by Crippen LogP contribution is 2.14. The predicted molar refractivity (Wildman–Crippen MR) is 76.8 cm³/mol. The van der Waals surface area contributed by atoms with Crippen LogP contribution in [-0.4, -0.2) is 26.2 Å². The van der Waals surface area contributed by atoms with Gasteiger partial charge in [0.05, 0.1) is 0 Å². The molecule has 0 atom stereocenters. The van der Waals surface area contributed by atoms with Crippen molar-refractivity contribution in [3.63, 3.8) is 0 Å². The van der Waals surface area contributed by atoms with Crippen molar-refractivity contribution in [1.82, 2.24) is 5.32 Å². The molecule has 1 rings (SSSR count). The monoisotopic (exact) mass is 234 g/mol. The molecule has 1 aromatic rings. The van der Waals surface area contributed by atoms with Crippen LogP contribution in [0, 0.1) is 6.92 Å². The molecule has 0 spiro atoms. The first-order valence-electron chi connectivity index (χ1n) is 6.61. The van der Waals surface area contributed by atoms with Crippen LogP contribution in [0.1, 0.15) is 32.3 Å². The number of rotatable bonds is 7. The largest absolute Gasteiger partial charge is 0.375 e. The molecule has 0 amide bonds. The molecule has 0 fully saturated rings. The Kier molecular flexibility index (Phi) is 6.06. The van der Waals surface area contributed by atoms with Crippen molar-refractivity contribution < 1.29 is 0 Å². The molecular formula is C15H26N2. The zero-order valence-corrected chi connectivity index (χ0v) is 11.7. The van der Waals surface area contributed by atoms with Crippen molar-refractivity contribution in [3.8, 4) is 0 Å². The molecule has 1 aromatic carbocycles. The number of nitrogens with zero attached hydrogens (tertiary/aromatic N) is 1. The summed E-state index contributed by atoms with van der Waals surface area (Å²) in [6.45, 7) is 8.78. The van der Waals surface area contributed by atoms with Gasteiger partial charge < -0.3 is 10.2 Å². The smallest absolute Gasteiger partial charge is 0.0366 e. The van der Waals surface area contributed by atoms with Gasteiger partial charge in [-0.05, 0) is 44.0 Å². The fourth-order valence-electron chi connectivity index (χ4n) is 1.86. The molecule has 0 radical (unpaired) electrons. The average molecular weight is 234 g/mol. The average Bonchev–Trinajstić information content (AvgIpc) is 2.28. The number of benzene rings is 1. The molecule has 0 saturated carbocycles. The van der Waals surface area contributed by atoms with Crippen LogP contribution in [0.5, 0.6) is 0 Å². The molecule has 2 nitrogen and oxygen atoms in total. The molecule has 0 unspecified atom stereocenters. The molecule has 2 heteroatoms. The Morgan fingerprint density at radius 3 is 2.65 bits per heavy atom. The topological polar surface area (TPSA) is 15.3 Å². The van der Waals surface area contributed by atoms with Crippen LogP contribution in [0.2, 0.25) is 0 Å². The molecule has 0 bridgehead atoms. The summed E-state index contributed by atoms with van der Waals surface area (Å²) in [5, 5.41) is 3.45. The van der Waals surface area contributed by atoms with Gasteiger partial charge in [0.25, 0.3) is 0 Å². The van der Waals surface area contributed by atoms with Gasteiger partial charge in [0.15, 0.2) is 0 Å². The summed E-state index contributed by atoms with van der Waals surface area (Å²) in [5.41, 5.74) is 2.65. The number of hydrogen-bond acceptors (Lipinski definition) is 2. The van der Waals surface area contributed by atoms with Crippen LogP contribution in [0.25, 0.3) is 0 Å². The van der Waals surface area contributed by atoms with Crippen molar-refractivity contribution in [2.75, 3.05) is 25.0 Å². The van der Waals surface area contributed by atoms with E-state index in [9.17, 15) is 0 Å². The molecule has 96 valence electrons. The van der Waals surface area contributed by atoms with Gasteiger partial charge in [-0.2, -0.15) is 0 Å². The number of hydrogen-bond donors (Lipinski definition) is 1. The molecule has 0 heterocycles. The Hall–Kier alpha value is -1.02. The zero-order chi connectivity index (χ0) is 12.7. The molecule has 0 aliphatic rings. The Morgan fingerprint density at radius 1 is 1.24 bits per heavy atom. The molecule has 0 aromatic heterocycles. The Labute approximate surface area is 106 Å². The lowest BCUT2D eigenvalue weighted by molar-refractivity contribution is 0.557. The number of aryl methyl sites for hydroxylation is 1. The number of nitrogens with one attached hydrogen (secondary N) is 1. The predicted octanol–water partition coefficient (Wildman–Crippen LogP) is 3.21. The van der Waals surface area contributed by atoms with E-state index < -0.39 is 0 Å². The maximum atomic E-state index is 3.45. The highest BCUT2D eigenvalue weighted by Gasteiger charge is 2.00. The van der Waals surface area contributed by atoms with Gasteiger partial charge in [0, 0.05) is 25.3 Å².